The van der Waals surface area contributed by atoms with Gasteiger partial charge in [-0.3, -0.25) is 4.79 Å². The zero-order chi connectivity index (χ0) is 17.9. The van der Waals surface area contributed by atoms with Gasteiger partial charge in [0.15, 0.2) is 0 Å². The van der Waals surface area contributed by atoms with Crippen molar-refractivity contribution in [3.05, 3.63) is 21.4 Å². The number of hydrogen-bond acceptors (Lipinski definition) is 5. The summed E-state index contributed by atoms with van der Waals surface area (Å²) in [7, 11) is 1.50. The fourth-order valence-corrected chi connectivity index (χ4v) is 2.97. The SMILES string of the molecule is COc1nccc(I)c1C(=O)N1CCN(C(=O)OC(C)(C)C)CC1. The van der Waals surface area contributed by atoms with Crippen molar-refractivity contribution in [3.63, 3.8) is 0 Å². The zero-order valence-corrected chi connectivity index (χ0v) is 16.5. The van der Waals surface area contributed by atoms with Crippen LogP contribution in [0.5, 0.6) is 5.88 Å². The molecule has 8 heteroatoms. The van der Waals surface area contributed by atoms with Crippen LogP contribution in [0.15, 0.2) is 12.3 Å². The Balaban J connectivity index is 2.03. The zero-order valence-electron chi connectivity index (χ0n) is 14.3. The summed E-state index contributed by atoms with van der Waals surface area (Å²) in [5, 5.41) is 0. The third-order valence-electron chi connectivity index (χ3n) is 3.49. The van der Waals surface area contributed by atoms with Crippen LogP contribution in [-0.2, 0) is 4.74 Å². The average molecular weight is 447 g/mol. The number of rotatable bonds is 2. The highest BCUT2D eigenvalue weighted by Gasteiger charge is 2.30. The van der Waals surface area contributed by atoms with E-state index in [2.05, 4.69) is 27.6 Å². The van der Waals surface area contributed by atoms with Crippen LogP contribution in [0, 0.1) is 3.57 Å². The number of aromatic nitrogens is 1. The lowest BCUT2D eigenvalue weighted by Gasteiger charge is -2.35. The number of carbonyl (C=O) groups excluding carboxylic acids is 2. The van der Waals surface area contributed by atoms with E-state index in [9.17, 15) is 9.59 Å². The lowest BCUT2D eigenvalue weighted by atomic mass is 10.2. The van der Waals surface area contributed by atoms with E-state index in [0.29, 0.717) is 37.6 Å². The van der Waals surface area contributed by atoms with E-state index in [1.807, 2.05) is 20.8 Å². The van der Waals surface area contributed by atoms with E-state index in [0.717, 1.165) is 3.57 Å². The fourth-order valence-electron chi connectivity index (χ4n) is 2.35. The third kappa shape index (κ3) is 4.49. The molecule has 0 bridgehead atoms. The molecule has 1 aliphatic rings. The van der Waals surface area contributed by atoms with E-state index in [1.54, 1.807) is 22.1 Å². The van der Waals surface area contributed by atoms with Gasteiger partial charge in [-0.15, -0.1) is 0 Å². The van der Waals surface area contributed by atoms with Gasteiger partial charge in [0.1, 0.15) is 11.2 Å². The summed E-state index contributed by atoms with van der Waals surface area (Å²) in [6.07, 6.45) is 1.26. The van der Waals surface area contributed by atoms with Crippen molar-refractivity contribution in [2.75, 3.05) is 33.3 Å². The molecule has 1 saturated heterocycles. The van der Waals surface area contributed by atoms with Crippen molar-refractivity contribution in [1.29, 1.82) is 0 Å². The van der Waals surface area contributed by atoms with Crippen molar-refractivity contribution in [1.82, 2.24) is 14.8 Å². The summed E-state index contributed by atoms with van der Waals surface area (Å²) < 4.78 is 11.4. The highest BCUT2D eigenvalue weighted by molar-refractivity contribution is 14.1. The Bertz CT molecular complexity index is 622. The Morgan fingerprint density at radius 2 is 1.75 bits per heavy atom. The van der Waals surface area contributed by atoms with Crippen LogP contribution >= 0.6 is 22.6 Å². The normalized spacial score (nSPS) is 15.2. The Hall–Kier alpha value is -1.58. The predicted molar refractivity (Wildman–Crippen MR) is 97.2 cm³/mol. The first-order valence-electron chi connectivity index (χ1n) is 7.68. The molecule has 0 saturated carbocycles. The minimum Gasteiger partial charge on any atom is -0.480 e. The van der Waals surface area contributed by atoms with Crippen LogP contribution in [0.3, 0.4) is 0 Å². The number of methoxy groups -OCH3 is 1. The van der Waals surface area contributed by atoms with E-state index < -0.39 is 5.60 Å². The van der Waals surface area contributed by atoms with E-state index >= 15 is 0 Å². The van der Waals surface area contributed by atoms with Gasteiger partial charge in [-0.05, 0) is 49.4 Å². The molecule has 24 heavy (non-hydrogen) atoms. The second-order valence-electron chi connectivity index (χ2n) is 6.44. The minimum absolute atomic E-state index is 0.131. The summed E-state index contributed by atoms with van der Waals surface area (Å²) >= 11 is 2.10. The first-order valence-corrected chi connectivity index (χ1v) is 8.76. The number of carbonyl (C=O) groups is 2. The monoisotopic (exact) mass is 447 g/mol. The van der Waals surface area contributed by atoms with Crippen molar-refractivity contribution in [2.45, 2.75) is 26.4 Å². The van der Waals surface area contributed by atoms with Crippen molar-refractivity contribution < 1.29 is 19.1 Å². The first-order chi connectivity index (χ1) is 11.2. The molecule has 0 unspecified atom stereocenters. The number of amides is 2. The molecule has 132 valence electrons. The summed E-state index contributed by atoms with van der Waals surface area (Å²) in [6.45, 7) is 7.29. The maximum absolute atomic E-state index is 12.8. The summed E-state index contributed by atoms with van der Waals surface area (Å²) in [6, 6.07) is 1.77. The van der Waals surface area contributed by atoms with Crippen LogP contribution in [0.4, 0.5) is 4.79 Å². The Morgan fingerprint density at radius 1 is 1.17 bits per heavy atom. The van der Waals surface area contributed by atoms with Crippen LogP contribution in [0.2, 0.25) is 0 Å². The maximum Gasteiger partial charge on any atom is 0.410 e. The number of pyridine rings is 1. The lowest BCUT2D eigenvalue weighted by molar-refractivity contribution is 0.0140. The van der Waals surface area contributed by atoms with Gasteiger partial charge in [-0.25, -0.2) is 9.78 Å². The topological polar surface area (TPSA) is 72.0 Å². The van der Waals surface area contributed by atoms with Gasteiger partial charge < -0.3 is 19.3 Å². The smallest absolute Gasteiger partial charge is 0.410 e. The van der Waals surface area contributed by atoms with Crippen molar-refractivity contribution >= 4 is 34.6 Å². The molecule has 1 fully saturated rings. The number of piperazine rings is 1. The summed E-state index contributed by atoms with van der Waals surface area (Å²) in [5.74, 6) is 0.190. The lowest BCUT2D eigenvalue weighted by Crippen LogP contribution is -2.51. The van der Waals surface area contributed by atoms with E-state index in [1.165, 1.54) is 7.11 Å². The molecule has 0 aliphatic carbocycles. The van der Waals surface area contributed by atoms with Gasteiger partial charge in [0.25, 0.3) is 5.91 Å². The number of hydrogen-bond donors (Lipinski definition) is 0. The average Bonchev–Trinajstić information content (AvgIpc) is 2.52. The molecule has 0 radical (unpaired) electrons. The van der Waals surface area contributed by atoms with Crippen LogP contribution < -0.4 is 4.74 Å². The molecule has 0 spiro atoms. The summed E-state index contributed by atoms with van der Waals surface area (Å²) in [4.78, 5) is 32.3. The largest absolute Gasteiger partial charge is 0.480 e. The van der Waals surface area contributed by atoms with Gasteiger partial charge in [0, 0.05) is 35.9 Å². The second kappa shape index (κ2) is 7.54. The molecule has 0 aromatic carbocycles. The predicted octanol–water partition coefficient (Wildman–Crippen LogP) is 2.39. The maximum atomic E-state index is 12.8. The van der Waals surface area contributed by atoms with Gasteiger partial charge >= 0.3 is 6.09 Å². The van der Waals surface area contributed by atoms with Crippen LogP contribution in [0.25, 0.3) is 0 Å². The molecule has 1 aromatic rings. The molecule has 7 nitrogen and oxygen atoms in total. The van der Waals surface area contributed by atoms with Gasteiger partial charge in [0.2, 0.25) is 5.88 Å². The second-order valence-corrected chi connectivity index (χ2v) is 7.60. The molecule has 1 aromatic heterocycles. The fraction of sp³-hybridized carbons (Fsp3) is 0.562. The van der Waals surface area contributed by atoms with Crippen molar-refractivity contribution in [2.24, 2.45) is 0 Å². The minimum atomic E-state index is -0.525. The Morgan fingerprint density at radius 3 is 2.29 bits per heavy atom. The third-order valence-corrected chi connectivity index (χ3v) is 4.39. The molecule has 0 atom stereocenters. The molecule has 2 rings (SSSR count). The summed E-state index contributed by atoms with van der Waals surface area (Å²) in [5.41, 5.74) is -0.0604. The van der Waals surface area contributed by atoms with Crippen LogP contribution in [0.1, 0.15) is 31.1 Å². The molecule has 2 amide bonds. The Labute approximate surface area is 155 Å². The van der Waals surface area contributed by atoms with E-state index in [4.69, 9.17) is 9.47 Å². The number of nitrogens with zero attached hydrogens (tertiary/aromatic N) is 3. The Kier molecular flexibility index (Phi) is 5.89. The number of halogens is 1. The van der Waals surface area contributed by atoms with Gasteiger partial charge in [-0.1, -0.05) is 0 Å². The number of ether oxygens (including phenoxy) is 2. The van der Waals surface area contributed by atoms with Crippen molar-refractivity contribution in [3.8, 4) is 5.88 Å². The highest BCUT2D eigenvalue weighted by Crippen LogP contribution is 2.23. The van der Waals surface area contributed by atoms with Gasteiger partial charge in [-0.2, -0.15) is 0 Å². The highest BCUT2D eigenvalue weighted by atomic mass is 127. The van der Waals surface area contributed by atoms with Gasteiger partial charge in [0.05, 0.1) is 7.11 Å². The molecular weight excluding hydrogens is 425 g/mol. The standard InChI is InChI=1S/C16H22IN3O4/c1-16(2,3)24-15(22)20-9-7-19(8-10-20)14(21)12-11(17)5-6-18-13(12)23-4/h5-6H,7-10H2,1-4H3. The van der Waals surface area contributed by atoms with E-state index in [-0.39, 0.29) is 12.0 Å². The molecule has 1 aliphatic heterocycles. The first kappa shape index (κ1) is 18.8. The quantitative estimate of drug-likeness (QED) is 0.652. The molecule has 2 heterocycles. The molecular formula is C16H22IN3O4. The molecule has 0 N–H and O–H groups in total. The van der Waals surface area contributed by atoms with Crippen LogP contribution in [-0.4, -0.2) is 65.7 Å².